The van der Waals surface area contributed by atoms with Crippen molar-refractivity contribution < 1.29 is 5.11 Å². The minimum absolute atomic E-state index is 0.109. The van der Waals surface area contributed by atoms with Crippen LogP contribution in [-0.4, -0.2) is 36.4 Å². The largest absolute Gasteiger partial charge is 0.392 e. The molecule has 0 aliphatic heterocycles. The molecule has 4 heteroatoms. The average Bonchev–Trinajstić information content (AvgIpc) is 2.17. The number of halogens is 1. The molecule has 0 amide bonds. The minimum Gasteiger partial charge on any atom is -0.392 e. The van der Waals surface area contributed by atoms with Crippen LogP contribution in [0.2, 0.25) is 0 Å². The second-order valence-corrected chi connectivity index (χ2v) is 5.61. The summed E-state index contributed by atoms with van der Waals surface area (Å²) in [7, 11) is 4.13. The fourth-order valence-electron chi connectivity index (χ4n) is 1.13. The van der Waals surface area contributed by atoms with Gasteiger partial charge in [0, 0.05) is 21.7 Å². The zero-order valence-electron chi connectivity index (χ0n) is 9.03. The predicted octanol–water partition coefficient (Wildman–Crippen LogP) is 2.60. The number of aliphatic hydroxyl groups is 1. The number of hydrogen-bond acceptors (Lipinski definition) is 3. The summed E-state index contributed by atoms with van der Waals surface area (Å²) in [6.07, 6.45) is 0. The summed E-state index contributed by atoms with van der Waals surface area (Å²) < 4.78 is 1.06. The van der Waals surface area contributed by atoms with E-state index in [4.69, 9.17) is 0 Å². The SMILES string of the molecule is CN(C)CCSc1cc(Br)ccc1CO. The van der Waals surface area contributed by atoms with Crippen molar-refractivity contribution in [2.24, 2.45) is 0 Å². The lowest BCUT2D eigenvalue weighted by atomic mass is 10.2. The van der Waals surface area contributed by atoms with E-state index in [0.717, 1.165) is 27.2 Å². The Hall–Kier alpha value is -0.0300. The summed E-state index contributed by atoms with van der Waals surface area (Å²) in [4.78, 5) is 3.32. The molecular formula is C11H16BrNOS. The van der Waals surface area contributed by atoms with Crippen molar-refractivity contribution in [3.63, 3.8) is 0 Å². The van der Waals surface area contributed by atoms with Crippen LogP contribution in [0.3, 0.4) is 0 Å². The molecule has 1 aromatic carbocycles. The molecule has 0 saturated heterocycles. The maximum Gasteiger partial charge on any atom is 0.0692 e. The van der Waals surface area contributed by atoms with Gasteiger partial charge in [0.25, 0.3) is 0 Å². The smallest absolute Gasteiger partial charge is 0.0692 e. The molecule has 0 radical (unpaired) electrons. The van der Waals surface area contributed by atoms with Crippen molar-refractivity contribution in [2.75, 3.05) is 26.4 Å². The highest BCUT2D eigenvalue weighted by Crippen LogP contribution is 2.26. The maximum atomic E-state index is 9.18. The predicted molar refractivity (Wildman–Crippen MR) is 69.3 cm³/mol. The first kappa shape index (κ1) is 13.0. The first-order valence-electron chi connectivity index (χ1n) is 4.80. The van der Waals surface area contributed by atoms with Crippen LogP contribution in [0.4, 0.5) is 0 Å². The first-order chi connectivity index (χ1) is 7.13. The molecule has 0 heterocycles. The Labute approximate surface area is 104 Å². The van der Waals surface area contributed by atoms with Gasteiger partial charge in [0.2, 0.25) is 0 Å². The Morgan fingerprint density at radius 3 is 2.73 bits per heavy atom. The molecule has 0 unspecified atom stereocenters. The van der Waals surface area contributed by atoms with Gasteiger partial charge in [-0.1, -0.05) is 22.0 Å². The fraction of sp³-hybridized carbons (Fsp3) is 0.455. The quantitative estimate of drug-likeness (QED) is 0.843. The number of benzene rings is 1. The van der Waals surface area contributed by atoms with Gasteiger partial charge >= 0.3 is 0 Å². The Morgan fingerprint density at radius 2 is 2.13 bits per heavy atom. The summed E-state index contributed by atoms with van der Waals surface area (Å²) >= 11 is 5.22. The lowest BCUT2D eigenvalue weighted by Crippen LogP contribution is -2.14. The van der Waals surface area contributed by atoms with Crippen LogP contribution in [-0.2, 0) is 6.61 Å². The Balaban J connectivity index is 2.62. The van der Waals surface area contributed by atoms with E-state index in [1.54, 1.807) is 11.8 Å². The van der Waals surface area contributed by atoms with Gasteiger partial charge in [0.05, 0.1) is 6.61 Å². The minimum atomic E-state index is 0.109. The molecule has 1 aromatic rings. The van der Waals surface area contributed by atoms with Crippen LogP contribution in [0.5, 0.6) is 0 Å². The first-order valence-corrected chi connectivity index (χ1v) is 6.58. The molecule has 84 valence electrons. The second kappa shape index (κ2) is 6.53. The summed E-state index contributed by atoms with van der Waals surface area (Å²) in [5.74, 6) is 1.04. The molecule has 0 atom stereocenters. The van der Waals surface area contributed by atoms with Crippen molar-refractivity contribution in [3.8, 4) is 0 Å². The summed E-state index contributed by atoms with van der Waals surface area (Å²) in [5, 5.41) is 9.18. The van der Waals surface area contributed by atoms with Crippen molar-refractivity contribution >= 4 is 27.7 Å². The summed E-state index contributed by atoms with van der Waals surface area (Å²) in [6, 6.07) is 5.98. The topological polar surface area (TPSA) is 23.5 Å². The highest BCUT2D eigenvalue weighted by atomic mass is 79.9. The molecule has 0 bridgehead atoms. The molecule has 0 saturated carbocycles. The molecule has 0 aliphatic rings. The molecule has 15 heavy (non-hydrogen) atoms. The lowest BCUT2D eigenvalue weighted by Gasteiger charge is -2.11. The van der Waals surface area contributed by atoms with Gasteiger partial charge in [-0.2, -0.15) is 0 Å². The van der Waals surface area contributed by atoms with E-state index < -0.39 is 0 Å². The third kappa shape index (κ3) is 4.55. The highest BCUT2D eigenvalue weighted by Gasteiger charge is 2.03. The average molecular weight is 290 g/mol. The third-order valence-corrected chi connectivity index (χ3v) is 3.57. The van der Waals surface area contributed by atoms with Crippen molar-refractivity contribution in [2.45, 2.75) is 11.5 Å². The molecular weight excluding hydrogens is 274 g/mol. The number of thioether (sulfide) groups is 1. The van der Waals surface area contributed by atoms with Gasteiger partial charge < -0.3 is 10.0 Å². The van der Waals surface area contributed by atoms with Gasteiger partial charge in [-0.3, -0.25) is 0 Å². The third-order valence-electron chi connectivity index (χ3n) is 2.00. The molecule has 1 N–H and O–H groups in total. The van der Waals surface area contributed by atoms with Crippen molar-refractivity contribution in [1.29, 1.82) is 0 Å². The zero-order valence-corrected chi connectivity index (χ0v) is 11.4. The number of nitrogens with zero attached hydrogens (tertiary/aromatic N) is 1. The molecule has 0 aliphatic carbocycles. The molecule has 1 rings (SSSR count). The van der Waals surface area contributed by atoms with E-state index in [9.17, 15) is 5.11 Å². The Bertz CT molecular complexity index is 317. The molecule has 0 spiro atoms. The molecule has 0 aromatic heterocycles. The second-order valence-electron chi connectivity index (χ2n) is 3.56. The normalized spacial score (nSPS) is 11.0. The van der Waals surface area contributed by atoms with Crippen LogP contribution in [0.15, 0.2) is 27.6 Å². The van der Waals surface area contributed by atoms with Gasteiger partial charge in [0.15, 0.2) is 0 Å². The lowest BCUT2D eigenvalue weighted by molar-refractivity contribution is 0.279. The van der Waals surface area contributed by atoms with Crippen LogP contribution in [0.1, 0.15) is 5.56 Å². The van der Waals surface area contributed by atoms with Crippen LogP contribution in [0, 0.1) is 0 Å². The van der Waals surface area contributed by atoms with Crippen LogP contribution in [0.25, 0.3) is 0 Å². The Kier molecular flexibility index (Phi) is 5.68. The maximum absolute atomic E-state index is 9.18. The molecule has 0 fully saturated rings. The van der Waals surface area contributed by atoms with E-state index in [1.807, 2.05) is 12.1 Å². The number of rotatable bonds is 5. The van der Waals surface area contributed by atoms with E-state index >= 15 is 0 Å². The van der Waals surface area contributed by atoms with Gasteiger partial charge in [0.1, 0.15) is 0 Å². The Morgan fingerprint density at radius 1 is 1.40 bits per heavy atom. The van der Waals surface area contributed by atoms with Gasteiger partial charge in [-0.25, -0.2) is 0 Å². The van der Waals surface area contributed by atoms with E-state index in [2.05, 4.69) is 41.0 Å². The van der Waals surface area contributed by atoms with Crippen LogP contribution >= 0.6 is 27.7 Å². The number of hydrogen-bond donors (Lipinski definition) is 1. The standard InChI is InChI=1S/C11H16BrNOS/c1-13(2)5-6-15-11-7-10(12)4-3-9(11)8-14/h3-4,7,14H,5-6,8H2,1-2H3. The van der Waals surface area contributed by atoms with E-state index in [1.165, 1.54) is 0 Å². The van der Waals surface area contributed by atoms with Gasteiger partial charge in [-0.15, -0.1) is 11.8 Å². The zero-order chi connectivity index (χ0) is 11.3. The van der Waals surface area contributed by atoms with Gasteiger partial charge in [-0.05, 0) is 31.8 Å². The van der Waals surface area contributed by atoms with Crippen molar-refractivity contribution in [1.82, 2.24) is 4.90 Å². The number of aliphatic hydroxyl groups excluding tert-OH is 1. The van der Waals surface area contributed by atoms with Crippen LogP contribution < -0.4 is 0 Å². The monoisotopic (exact) mass is 289 g/mol. The van der Waals surface area contributed by atoms with Crippen molar-refractivity contribution in [3.05, 3.63) is 28.2 Å². The van der Waals surface area contributed by atoms with E-state index in [-0.39, 0.29) is 6.61 Å². The summed E-state index contributed by atoms with van der Waals surface area (Å²) in [5.41, 5.74) is 1.00. The summed E-state index contributed by atoms with van der Waals surface area (Å²) in [6.45, 7) is 1.15. The fourth-order valence-corrected chi connectivity index (χ4v) is 2.85. The van der Waals surface area contributed by atoms with E-state index in [0.29, 0.717) is 0 Å². The highest BCUT2D eigenvalue weighted by molar-refractivity contribution is 9.10. The molecule has 2 nitrogen and oxygen atoms in total.